The van der Waals surface area contributed by atoms with Crippen LogP contribution in [-0.2, 0) is 14.3 Å². The molecule has 1 atom stereocenters. The molecule has 1 rings (SSSR count). The van der Waals surface area contributed by atoms with Crippen LogP contribution in [0.5, 0.6) is 0 Å². The zero-order valence-electron chi connectivity index (χ0n) is 12.0. The molecule has 1 fully saturated rings. The monoisotopic (exact) mass is 301 g/mol. The first-order valence-electron chi connectivity index (χ1n) is 7.13. The Balaban J connectivity index is 2.31. The van der Waals surface area contributed by atoms with E-state index >= 15 is 0 Å². The number of carboxylic acid groups (broad SMARTS) is 1. The molecule has 1 heterocycles. The molecule has 8 heteroatoms. The van der Waals surface area contributed by atoms with E-state index in [2.05, 4.69) is 5.32 Å². The summed E-state index contributed by atoms with van der Waals surface area (Å²) < 4.78 is 4.95. The number of carbonyl (C=O) groups is 3. The maximum Gasteiger partial charge on any atom is 0.317 e. The number of hydrogen-bond acceptors (Lipinski definition) is 4. The van der Waals surface area contributed by atoms with Crippen LogP contribution in [-0.4, -0.2) is 60.3 Å². The number of carboxylic acids is 1. The van der Waals surface area contributed by atoms with Crippen LogP contribution in [0.25, 0.3) is 0 Å². The van der Waals surface area contributed by atoms with Gasteiger partial charge in [0, 0.05) is 25.6 Å². The minimum absolute atomic E-state index is 0.0265. The molecule has 8 nitrogen and oxygen atoms in total. The van der Waals surface area contributed by atoms with Gasteiger partial charge in [-0.2, -0.15) is 0 Å². The van der Waals surface area contributed by atoms with Crippen LogP contribution < -0.4 is 11.1 Å². The van der Waals surface area contributed by atoms with Crippen molar-refractivity contribution >= 4 is 17.9 Å². The second kappa shape index (κ2) is 9.17. The fourth-order valence-electron chi connectivity index (χ4n) is 2.36. The van der Waals surface area contributed by atoms with Gasteiger partial charge in [0.1, 0.15) is 6.61 Å². The summed E-state index contributed by atoms with van der Waals surface area (Å²) in [5.74, 6) is -1.40. The predicted molar refractivity (Wildman–Crippen MR) is 74.6 cm³/mol. The van der Waals surface area contributed by atoms with E-state index in [-0.39, 0.29) is 38.3 Å². The van der Waals surface area contributed by atoms with Crippen molar-refractivity contribution < 1.29 is 24.2 Å². The Morgan fingerprint density at radius 1 is 1.33 bits per heavy atom. The summed E-state index contributed by atoms with van der Waals surface area (Å²) in [5.41, 5.74) is 4.92. The molecule has 1 aliphatic heterocycles. The van der Waals surface area contributed by atoms with Crippen molar-refractivity contribution in [3.8, 4) is 0 Å². The lowest BCUT2D eigenvalue weighted by Gasteiger charge is -2.35. The Labute approximate surface area is 123 Å². The molecule has 120 valence electrons. The molecule has 0 aliphatic carbocycles. The van der Waals surface area contributed by atoms with Gasteiger partial charge in [0.25, 0.3) is 0 Å². The number of rotatable bonds is 8. The van der Waals surface area contributed by atoms with Gasteiger partial charge < -0.3 is 25.8 Å². The summed E-state index contributed by atoms with van der Waals surface area (Å²) in [4.78, 5) is 34.9. The summed E-state index contributed by atoms with van der Waals surface area (Å²) in [5, 5.41) is 11.4. The highest BCUT2D eigenvalue weighted by molar-refractivity contribution is 5.75. The molecule has 1 aliphatic rings. The number of aliphatic carboxylic acids is 1. The van der Waals surface area contributed by atoms with Gasteiger partial charge in [-0.1, -0.05) is 0 Å². The predicted octanol–water partition coefficient (Wildman–Crippen LogP) is -0.0828. The van der Waals surface area contributed by atoms with Crippen molar-refractivity contribution in [2.45, 2.75) is 38.1 Å². The van der Waals surface area contributed by atoms with Gasteiger partial charge in [0.2, 0.25) is 5.91 Å². The normalized spacial score (nSPS) is 18.3. The highest BCUT2D eigenvalue weighted by Gasteiger charge is 2.26. The Morgan fingerprint density at radius 3 is 2.76 bits per heavy atom. The van der Waals surface area contributed by atoms with Gasteiger partial charge in [-0.3, -0.25) is 9.59 Å². The number of urea groups is 1. The van der Waals surface area contributed by atoms with Gasteiger partial charge in [-0.05, 0) is 25.7 Å². The largest absolute Gasteiger partial charge is 0.481 e. The average molecular weight is 301 g/mol. The first kappa shape index (κ1) is 17.2. The minimum atomic E-state index is -0.846. The van der Waals surface area contributed by atoms with Crippen molar-refractivity contribution in [1.29, 1.82) is 0 Å². The summed E-state index contributed by atoms with van der Waals surface area (Å²) in [6, 6.07) is -0.242. The van der Waals surface area contributed by atoms with Crippen LogP contribution in [0.3, 0.4) is 0 Å². The molecule has 1 unspecified atom stereocenters. The van der Waals surface area contributed by atoms with E-state index in [9.17, 15) is 14.4 Å². The average Bonchev–Trinajstić information content (AvgIpc) is 2.44. The third-order valence-electron chi connectivity index (χ3n) is 3.35. The molecule has 1 saturated heterocycles. The SMILES string of the molecule is NC(=O)COCCNC(=O)N1CCCCC1CCC(=O)O. The van der Waals surface area contributed by atoms with Crippen molar-refractivity contribution in [2.24, 2.45) is 5.73 Å². The van der Waals surface area contributed by atoms with Gasteiger partial charge in [0.05, 0.1) is 6.61 Å². The quantitative estimate of drug-likeness (QED) is 0.541. The van der Waals surface area contributed by atoms with Crippen LogP contribution in [0.15, 0.2) is 0 Å². The smallest absolute Gasteiger partial charge is 0.317 e. The highest BCUT2D eigenvalue weighted by atomic mass is 16.5. The molecular weight excluding hydrogens is 278 g/mol. The molecular formula is C13H23N3O5. The molecule has 0 aromatic carbocycles. The second-order valence-electron chi connectivity index (χ2n) is 5.03. The zero-order valence-corrected chi connectivity index (χ0v) is 12.0. The number of likely N-dealkylation sites (tertiary alicyclic amines) is 1. The standard InChI is InChI=1S/C13H23N3O5/c14-11(17)9-21-8-6-15-13(20)16-7-2-1-3-10(16)4-5-12(18)19/h10H,1-9H2,(H2,14,17)(H,15,20)(H,18,19). The van der Waals surface area contributed by atoms with Gasteiger partial charge in [-0.25, -0.2) is 4.79 Å². The summed E-state index contributed by atoms with van der Waals surface area (Å²) in [7, 11) is 0. The Hall–Kier alpha value is -1.83. The van der Waals surface area contributed by atoms with E-state index in [0.29, 0.717) is 13.0 Å². The molecule has 0 spiro atoms. The zero-order chi connectivity index (χ0) is 15.7. The van der Waals surface area contributed by atoms with Crippen molar-refractivity contribution in [1.82, 2.24) is 10.2 Å². The van der Waals surface area contributed by atoms with Crippen molar-refractivity contribution in [2.75, 3.05) is 26.3 Å². The van der Waals surface area contributed by atoms with Gasteiger partial charge in [0.15, 0.2) is 0 Å². The first-order chi connectivity index (χ1) is 10.0. The van der Waals surface area contributed by atoms with Crippen LogP contribution in [0.2, 0.25) is 0 Å². The minimum Gasteiger partial charge on any atom is -0.481 e. The maximum atomic E-state index is 12.1. The Kier molecular flexibility index (Phi) is 7.52. The van der Waals surface area contributed by atoms with E-state index in [4.69, 9.17) is 15.6 Å². The molecule has 0 radical (unpaired) electrons. The number of nitrogens with two attached hydrogens (primary N) is 1. The summed E-state index contributed by atoms with van der Waals surface area (Å²) in [6.45, 7) is 0.968. The van der Waals surface area contributed by atoms with E-state index < -0.39 is 11.9 Å². The number of ether oxygens (including phenoxy) is 1. The molecule has 3 amide bonds. The number of carbonyl (C=O) groups excluding carboxylic acids is 2. The number of hydrogen-bond donors (Lipinski definition) is 3. The van der Waals surface area contributed by atoms with Gasteiger partial charge >= 0.3 is 12.0 Å². The van der Waals surface area contributed by atoms with Crippen LogP contribution >= 0.6 is 0 Å². The number of nitrogens with zero attached hydrogens (tertiary/aromatic N) is 1. The fraction of sp³-hybridized carbons (Fsp3) is 0.769. The lowest BCUT2D eigenvalue weighted by atomic mass is 9.98. The third-order valence-corrected chi connectivity index (χ3v) is 3.35. The number of primary amides is 1. The third kappa shape index (κ3) is 6.94. The maximum absolute atomic E-state index is 12.1. The van der Waals surface area contributed by atoms with Crippen LogP contribution in [0.1, 0.15) is 32.1 Å². The first-order valence-corrected chi connectivity index (χ1v) is 7.13. The van der Waals surface area contributed by atoms with E-state index in [1.165, 1.54) is 0 Å². The number of nitrogens with one attached hydrogen (secondary N) is 1. The topological polar surface area (TPSA) is 122 Å². The second-order valence-corrected chi connectivity index (χ2v) is 5.03. The highest BCUT2D eigenvalue weighted by Crippen LogP contribution is 2.20. The Morgan fingerprint density at radius 2 is 2.10 bits per heavy atom. The van der Waals surface area contributed by atoms with E-state index in [0.717, 1.165) is 19.3 Å². The molecule has 0 aromatic rings. The fourth-order valence-corrected chi connectivity index (χ4v) is 2.36. The van der Waals surface area contributed by atoms with Gasteiger partial charge in [-0.15, -0.1) is 0 Å². The van der Waals surface area contributed by atoms with Crippen LogP contribution in [0, 0.1) is 0 Å². The van der Waals surface area contributed by atoms with E-state index in [1.807, 2.05) is 0 Å². The number of amides is 3. The van der Waals surface area contributed by atoms with Crippen LogP contribution in [0.4, 0.5) is 4.79 Å². The summed E-state index contributed by atoms with van der Waals surface area (Å²) >= 11 is 0. The van der Waals surface area contributed by atoms with Crippen molar-refractivity contribution in [3.63, 3.8) is 0 Å². The van der Waals surface area contributed by atoms with E-state index in [1.54, 1.807) is 4.90 Å². The van der Waals surface area contributed by atoms with Crippen molar-refractivity contribution in [3.05, 3.63) is 0 Å². The lowest BCUT2D eigenvalue weighted by Crippen LogP contribution is -2.49. The number of piperidine rings is 1. The summed E-state index contributed by atoms with van der Waals surface area (Å²) in [6.07, 6.45) is 3.31. The molecule has 4 N–H and O–H groups in total. The lowest BCUT2D eigenvalue weighted by molar-refractivity contribution is -0.137. The molecule has 0 bridgehead atoms. The molecule has 21 heavy (non-hydrogen) atoms. The Bertz CT molecular complexity index is 375. The molecule has 0 saturated carbocycles. The molecule has 0 aromatic heterocycles.